The third-order valence-electron chi connectivity index (χ3n) is 2.58. The molecule has 18 heavy (non-hydrogen) atoms. The largest absolute Gasteiger partial charge is 0.464 e. The molecule has 4 nitrogen and oxygen atoms in total. The van der Waals surface area contributed by atoms with Crippen LogP contribution in [0.15, 0.2) is 0 Å². The number of carbonyl (C=O) groups is 2. The molecule has 0 spiro atoms. The fourth-order valence-corrected chi connectivity index (χ4v) is 1.74. The lowest BCUT2D eigenvalue weighted by Crippen LogP contribution is -2.31. The highest BCUT2D eigenvalue weighted by Crippen LogP contribution is 2.18. The Balaban J connectivity index is 4.40. The molecule has 0 unspecified atom stereocenters. The van der Waals surface area contributed by atoms with Crippen molar-refractivity contribution in [1.29, 1.82) is 0 Å². The molecule has 0 radical (unpaired) electrons. The maximum absolute atomic E-state index is 11.2. The van der Waals surface area contributed by atoms with Gasteiger partial charge in [0.2, 0.25) is 0 Å². The van der Waals surface area contributed by atoms with Crippen molar-refractivity contribution in [2.45, 2.75) is 39.2 Å². The maximum Gasteiger partial charge on any atom is 0.321 e. The second kappa shape index (κ2) is 10.4. The Bertz CT molecular complexity index is 258. The van der Waals surface area contributed by atoms with Crippen LogP contribution in [0.5, 0.6) is 0 Å². The zero-order valence-electron chi connectivity index (χ0n) is 10.8. The summed E-state index contributed by atoms with van der Waals surface area (Å²) in [5, 5.41) is 0. The Kier molecular flexibility index (Phi) is 10.2. The Morgan fingerprint density at radius 3 is 2.17 bits per heavy atom. The number of carbonyl (C=O) groups excluding carboxylic acids is 2. The highest BCUT2D eigenvalue weighted by Gasteiger charge is 2.24. The Labute approximate surface area is 118 Å². The van der Waals surface area contributed by atoms with E-state index in [-0.39, 0.29) is 30.4 Å². The fraction of sp³-hybridized carbons (Fsp3) is 0.833. The van der Waals surface area contributed by atoms with Gasteiger partial charge in [0.05, 0.1) is 6.61 Å². The van der Waals surface area contributed by atoms with Crippen molar-refractivity contribution in [3.8, 4) is 0 Å². The van der Waals surface area contributed by atoms with Gasteiger partial charge in [-0.3, -0.25) is 9.59 Å². The molecule has 0 aromatic rings. The quantitative estimate of drug-likeness (QED) is 0.485. The molecule has 0 aromatic carbocycles. The minimum atomic E-state index is -0.464. The summed E-state index contributed by atoms with van der Waals surface area (Å²) in [6, 6.07) is 0. The third kappa shape index (κ3) is 7.07. The summed E-state index contributed by atoms with van der Waals surface area (Å²) >= 11 is 10.8. The van der Waals surface area contributed by atoms with E-state index in [0.29, 0.717) is 0 Å². The van der Waals surface area contributed by atoms with Gasteiger partial charge in [0.25, 0.3) is 0 Å². The predicted molar refractivity (Wildman–Crippen MR) is 71.0 cm³/mol. The number of hydrogen-bond donors (Lipinski definition) is 0. The third-order valence-corrected chi connectivity index (χ3v) is 3.02. The molecule has 2 atom stereocenters. The molecular weight excluding hydrogens is 279 g/mol. The van der Waals surface area contributed by atoms with Gasteiger partial charge in [0, 0.05) is 5.92 Å². The van der Waals surface area contributed by atoms with Crippen LogP contribution < -0.4 is 0 Å². The van der Waals surface area contributed by atoms with E-state index < -0.39 is 11.9 Å². The molecule has 0 rings (SSSR count). The maximum atomic E-state index is 11.2. The summed E-state index contributed by atoms with van der Waals surface area (Å²) in [6.45, 7) is 4.16. The van der Waals surface area contributed by atoms with E-state index in [2.05, 4.69) is 0 Å². The zero-order chi connectivity index (χ0) is 14.0. The Morgan fingerprint density at radius 1 is 1.11 bits per heavy atom. The van der Waals surface area contributed by atoms with Gasteiger partial charge in [0.15, 0.2) is 0 Å². The second-order valence-corrected chi connectivity index (χ2v) is 4.47. The Morgan fingerprint density at radius 2 is 1.72 bits per heavy atom. The van der Waals surface area contributed by atoms with Gasteiger partial charge in [-0.15, -0.1) is 23.2 Å². The van der Waals surface area contributed by atoms with Gasteiger partial charge in [0.1, 0.15) is 17.9 Å². The van der Waals surface area contributed by atoms with Crippen LogP contribution in [0.3, 0.4) is 0 Å². The van der Waals surface area contributed by atoms with Crippen molar-refractivity contribution < 1.29 is 19.1 Å². The molecule has 0 heterocycles. The normalized spacial score (nSPS) is 13.8. The van der Waals surface area contributed by atoms with E-state index in [1.165, 1.54) is 0 Å². The summed E-state index contributed by atoms with van der Waals surface area (Å²) in [5.74, 6) is -1.27. The summed E-state index contributed by atoms with van der Waals surface area (Å²) in [4.78, 5) is 22.2. The average molecular weight is 299 g/mol. The SMILES string of the molecule is CCC[C@H](OC(=O)CCl)[C@H](CC)COC(=O)CCl. The second-order valence-electron chi connectivity index (χ2n) is 3.94. The Hall–Kier alpha value is -0.480. The van der Waals surface area contributed by atoms with Crippen molar-refractivity contribution in [2.24, 2.45) is 5.92 Å². The van der Waals surface area contributed by atoms with Gasteiger partial charge in [-0.1, -0.05) is 20.3 Å². The zero-order valence-corrected chi connectivity index (χ0v) is 12.3. The molecular formula is C12H20Cl2O4. The number of ether oxygens (including phenoxy) is 2. The van der Waals surface area contributed by atoms with E-state index in [9.17, 15) is 9.59 Å². The first-order valence-electron chi connectivity index (χ1n) is 6.05. The van der Waals surface area contributed by atoms with Crippen molar-refractivity contribution in [2.75, 3.05) is 18.4 Å². The summed E-state index contributed by atoms with van der Waals surface area (Å²) < 4.78 is 10.3. The molecule has 0 amide bonds. The highest BCUT2D eigenvalue weighted by atomic mass is 35.5. The van der Waals surface area contributed by atoms with Gasteiger partial charge in [-0.2, -0.15) is 0 Å². The molecule has 0 fully saturated rings. The van der Waals surface area contributed by atoms with E-state index >= 15 is 0 Å². The minimum Gasteiger partial charge on any atom is -0.464 e. The number of rotatable bonds is 9. The van der Waals surface area contributed by atoms with Crippen LogP contribution in [0.2, 0.25) is 0 Å². The van der Waals surface area contributed by atoms with E-state index in [1.54, 1.807) is 0 Å². The first-order valence-corrected chi connectivity index (χ1v) is 7.12. The van der Waals surface area contributed by atoms with Gasteiger partial charge < -0.3 is 9.47 Å². The summed E-state index contributed by atoms with van der Waals surface area (Å²) in [7, 11) is 0. The first-order chi connectivity index (χ1) is 8.58. The molecule has 6 heteroatoms. The fourth-order valence-electron chi connectivity index (χ4n) is 1.60. The van der Waals surface area contributed by atoms with Gasteiger partial charge in [-0.25, -0.2) is 0 Å². The van der Waals surface area contributed by atoms with Crippen LogP contribution in [-0.4, -0.2) is 36.4 Å². The highest BCUT2D eigenvalue weighted by molar-refractivity contribution is 6.26. The molecule has 0 saturated carbocycles. The van der Waals surface area contributed by atoms with Crippen LogP contribution in [0.4, 0.5) is 0 Å². The lowest BCUT2D eigenvalue weighted by Gasteiger charge is -2.25. The van der Waals surface area contributed by atoms with Gasteiger partial charge in [-0.05, 0) is 12.8 Å². The molecule has 0 aromatic heterocycles. The molecule has 0 N–H and O–H groups in total. The summed E-state index contributed by atoms with van der Waals surface area (Å²) in [5.41, 5.74) is 0. The van der Waals surface area contributed by atoms with E-state index in [1.807, 2.05) is 13.8 Å². The number of halogens is 2. The van der Waals surface area contributed by atoms with Crippen LogP contribution in [0, 0.1) is 5.92 Å². The van der Waals surface area contributed by atoms with Crippen molar-refractivity contribution in [3.05, 3.63) is 0 Å². The molecule has 0 aliphatic carbocycles. The van der Waals surface area contributed by atoms with Crippen LogP contribution in [0.1, 0.15) is 33.1 Å². The lowest BCUT2D eigenvalue weighted by atomic mass is 9.96. The molecule has 106 valence electrons. The van der Waals surface area contributed by atoms with Crippen LogP contribution in [0.25, 0.3) is 0 Å². The van der Waals surface area contributed by atoms with Crippen molar-refractivity contribution in [1.82, 2.24) is 0 Å². The molecule has 0 aliphatic heterocycles. The van der Waals surface area contributed by atoms with Crippen LogP contribution in [-0.2, 0) is 19.1 Å². The monoisotopic (exact) mass is 298 g/mol. The lowest BCUT2D eigenvalue weighted by molar-refractivity contribution is -0.153. The average Bonchev–Trinajstić information content (AvgIpc) is 2.38. The summed E-state index contributed by atoms with van der Waals surface area (Å²) in [6.07, 6.45) is 2.07. The minimum absolute atomic E-state index is 0.0238. The van der Waals surface area contributed by atoms with Gasteiger partial charge >= 0.3 is 11.9 Å². The number of alkyl halides is 2. The predicted octanol–water partition coefficient (Wildman–Crippen LogP) is 2.75. The molecule has 0 aliphatic rings. The number of esters is 2. The van der Waals surface area contributed by atoms with Crippen molar-refractivity contribution in [3.63, 3.8) is 0 Å². The van der Waals surface area contributed by atoms with E-state index in [4.69, 9.17) is 32.7 Å². The van der Waals surface area contributed by atoms with Crippen LogP contribution >= 0.6 is 23.2 Å². The first kappa shape index (κ1) is 17.5. The smallest absolute Gasteiger partial charge is 0.321 e. The topological polar surface area (TPSA) is 52.6 Å². The number of hydrogen-bond acceptors (Lipinski definition) is 4. The standard InChI is InChI=1S/C12H20Cl2O4/c1-3-5-10(18-12(16)7-14)9(4-2)8-17-11(15)6-13/h9-10H,3-8H2,1-2H3/t9-,10+/m1/s1. The molecule has 0 bridgehead atoms. The van der Waals surface area contributed by atoms with Crippen molar-refractivity contribution >= 4 is 35.1 Å². The molecule has 0 saturated heterocycles. The van der Waals surface area contributed by atoms with E-state index in [0.717, 1.165) is 19.3 Å².